The predicted octanol–water partition coefficient (Wildman–Crippen LogP) is 1.77. The van der Waals surface area contributed by atoms with E-state index in [-0.39, 0.29) is 29.6 Å². The molecule has 0 saturated heterocycles. The third kappa shape index (κ3) is 2.95. The summed E-state index contributed by atoms with van der Waals surface area (Å²) in [7, 11) is 0. The normalized spacial score (nSPS) is 8.45. The quantitative estimate of drug-likeness (QED) is 0.738. The minimum atomic E-state index is -0.910. The van der Waals surface area contributed by atoms with Crippen molar-refractivity contribution in [2.75, 3.05) is 0 Å². The predicted molar refractivity (Wildman–Crippen MR) is 46.9 cm³/mol. The number of aromatic carboxylic acids is 1. The standard InChI is InChI=1S/C7H5BrO2.Na/c8-6-4-2-1-3-5(6)7(9)10;/h1-4H,(H,9,10);. The zero-order valence-electron chi connectivity index (χ0n) is 6.04. The summed E-state index contributed by atoms with van der Waals surface area (Å²) in [5.74, 6) is -0.910. The molecule has 0 aliphatic heterocycles. The van der Waals surface area contributed by atoms with Gasteiger partial charge in [-0.05, 0) is 28.1 Å². The van der Waals surface area contributed by atoms with Gasteiger partial charge in [0, 0.05) is 34.0 Å². The number of halogens is 1. The monoisotopic (exact) mass is 223 g/mol. The Morgan fingerprint density at radius 2 is 1.91 bits per heavy atom. The second-order valence-electron chi connectivity index (χ2n) is 1.78. The van der Waals surface area contributed by atoms with Gasteiger partial charge in [-0.2, -0.15) is 0 Å². The van der Waals surface area contributed by atoms with E-state index in [9.17, 15) is 4.79 Å². The van der Waals surface area contributed by atoms with Gasteiger partial charge in [-0.3, -0.25) is 0 Å². The summed E-state index contributed by atoms with van der Waals surface area (Å²) >= 11 is 3.12. The molecule has 11 heavy (non-hydrogen) atoms. The van der Waals surface area contributed by atoms with Gasteiger partial charge in [-0.15, -0.1) is 0 Å². The van der Waals surface area contributed by atoms with Gasteiger partial charge in [0.05, 0.1) is 5.56 Å². The molecule has 1 aromatic carbocycles. The largest absolute Gasteiger partial charge is 0.478 e. The average Bonchev–Trinajstić information content (AvgIpc) is 1.88. The van der Waals surface area contributed by atoms with Gasteiger partial charge in [-0.1, -0.05) is 12.1 Å². The van der Waals surface area contributed by atoms with Crippen LogP contribution in [0, 0.1) is 0 Å². The number of carboxylic acid groups (broad SMARTS) is 1. The number of benzene rings is 1. The molecular formula is C7H5BrNaO2. The molecule has 0 heterocycles. The van der Waals surface area contributed by atoms with E-state index < -0.39 is 5.97 Å². The van der Waals surface area contributed by atoms with Gasteiger partial charge >= 0.3 is 5.97 Å². The van der Waals surface area contributed by atoms with Crippen LogP contribution in [0.3, 0.4) is 0 Å². The first-order chi connectivity index (χ1) is 4.72. The summed E-state index contributed by atoms with van der Waals surface area (Å²) in [6.07, 6.45) is 0. The number of rotatable bonds is 1. The van der Waals surface area contributed by atoms with E-state index in [1.54, 1.807) is 24.3 Å². The first-order valence-electron chi connectivity index (χ1n) is 2.69. The van der Waals surface area contributed by atoms with E-state index in [1.807, 2.05) is 0 Å². The second-order valence-corrected chi connectivity index (χ2v) is 2.64. The summed E-state index contributed by atoms with van der Waals surface area (Å²) in [5, 5.41) is 8.54. The molecule has 1 N–H and O–H groups in total. The Balaban J connectivity index is 0.000001000. The number of carboxylic acids is 1. The van der Waals surface area contributed by atoms with Crippen LogP contribution in [-0.4, -0.2) is 40.6 Å². The summed E-state index contributed by atoms with van der Waals surface area (Å²) in [4.78, 5) is 10.4. The summed E-state index contributed by atoms with van der Waals surface area (Å²) in [5.41, 5.74) is 0.294. The van der Waals surface area contributed by atoms with Crippen molar-refractivity contribution in [3.63, 3.8) is 0 Å². The molecule has 1 aromatic rings. The Morgan fingerprint density at radius 3 is 2.27 bits per heavy atom. The van der Waals surface area contributed by atoms with E-state index in [4.69, 9.17) is 5.11 Å². The maximum Gasteiger partial charge on any atom is 0.336 e. The maximum atomic E-state index is 10.4. The fourth-order valence-corrected chi connectivity index (χ4v) is 1.09. The van der Waals surface area contributed by atoms with Gasteiger partial charge in [0.25, 0.3) is 0 Å². The number of carbonyl (C=O) groups is 1. The van der Waals surface area contributed by atoms with E-state index >= 15 is 0 Å². The number of hydrogen-bond acceptors (Lipinski definition) is 1. The first-order valence-corrected chi connectivity index (χ1v) is 3.49. The number of hydrogen-bond donors (Lipinski definition) is 1. The van der Waals surface area contributed by atoms with Crippen LogP contribution in [0.1, 0.15) is 10.4 Å². The summed E-state index contributed by atoms with van der Waals surface area (Å²) in [6.45, 7) is 0. The molecule has 0 fully saturated rings. The molecule has 0 unspecified atom stereocenters. The zero-order valence-corrected chi connectivity index (χ0v) is 9.63. The van der Waals surface area contributed by atoms with Crippen molar-refractivity contribution in [3.8, 4) is 0 Å². The molecule has 0 bridgehead atoms. The topological polar surface area (TPSA) is 37.3 Å². The molecule has 0 aliphatic carbocycles. The van der Waals surface area contributed by atoms with Crippen LogP contribution in [0.15, 0.2) is 28.7 Å². The molecule has 0 amide bonds. The Bertz CT molecular complexity index is 262. The van der Waals surface area contributed by atoms with Crippen LogP contribution in [0.25, 0.3) is 0 Å². The molecule has 4 heteroatoms. The molecule has 1 rings (SSSR count). The van der Waals surface area contributed by atoms with Crippen molar-refractivity contribution >= 4 is 51.5 Å². The van der Waals surface area contributed by atoms with Gasteiger partial charge < -0.3 is 5.11 Å². The van der Waals surface area contributed by atoms with Gasteiger partial charge in [-0.25, -0.2) is 4.79 Å². The van der Waals surface area contributed by atoms with Gasteiger partial charge in [0.2, 0.25) is 0 Å². The van der Waals surface area contributed by atoms with Crippen molar-refractivity contribution in [3.05, 3.63) is 34.3 Å². The van der Waals surface area contributed by atoms with Crippen LogP contribution >= 0.6 is 15.9 Å². The smallest absolute Gasteiger partial charge is 0.336 e. The van der Waals surface area contributed by atoms with E-state index in [0.29, 0.717) is 10.0 Å². The molecule has 0 aliphatic rings. The Hall–Kier alpha value is 0.170. The van der Waals surface area contributed by atoms with Crippen LogP contribution in [0.2, 0.25) is 0 Å². The van der Waals surface area contributed by atoms with Crippen LogP contribution in [-0.2, 0) is 0 Å². The van der Waals surface area contributed by atoms with Crippen molar-refractivity contribution in [2.24, 2.45) is 0 Å². The zero-order chi connectivity index (χ0) is 7.56. The third-order valence-corrected chi connectivity index (χ3v) is 1.80. The van der Waals surface area contributed by atoms with Crippen LogP contribution < -0.4 is 0 Å². The minimum absolute atomic E-state index is 0. The Kier molecular flexibility index (Phi) is 5.01. The minimum Gasteiger partial charge on any atom is -0.478 e. The van der Waals surface area contributed by atoms with Gasteiger partial charge in [0.15, 0.2) is 0 Å². The molecule has 0 atom stereocenters. The molecule has 2 nitrogen and oxygen atoms in total. The Labute approximate surface area is 95.0 Å². The fourth-order valence-electron chi connectivity index (χ4n) is 0.635. The average molecular weight is 224 g/mol. The van der Waals surface area contributed by atoms with Crippen LogP contribution in [0.5, 0.6) is 0 Å². The molecule has 0 spiro atoms. The van der Waals surface area contributed by atoms with E-state index in [1.165, 1.54) is 0 Å². The third-order valence-electron chi connectivity index (χ3n) is 1.10. The summed E-state index contributed by atoms with van der Waals surface area (Å²) < 4.78 is 0.613. The summed E-state index contributed by atoms with van der Waals surface area (Å²) in [6, 6.07) is 6.71. The van der Waals surface area contributed by atoms with Crippen LogP contribution in [0.4, 0.5) is 0 Å². The fraction of sp³-hybridized carbons (Fsp3) is 0. The first kappa shape index (κ1) is 11.2. The van der Waals surface area contributed by atoms with Crippen molar-refractivity contribution in [1.82, 2.24) is 0 Å². The SMILES string of the molecule is O=C(O)c1ccccc1Br.[Na]. The molecule has 1 radical (unpaired) electrons. The molecular weight excluding hydrogens is 219 g/mol. The van der Waals surface area contributed by atoms with Crippen molar-refractivity contribution < 1.29 is 9.90 Å². The molecule has 0 aromatic heterocycles. The van der Waals surface area contributed by atoms with Crippen molar-refractivity contribution in [2.45, 2.75) is 0 Å². The van der Waals surface area contributed by atoms with Crippen molar-refractivity contribution in [1.29, 1.82) is 0 Å². The second kappa shape index (κ2) is 4.93. The van der Waals surface area contributed by atoms with E-state index in [0.717, 1.165) is 0 Å². The Morgan fingerprint density at radius 1 is 1.36 bits per heavy atom. The molecule has 53 valence electrons. The van der Waals surface area contributed by atoms with E-state index in [2.05, 4.69) is 15.9 Å². The molecule has 0 saturated carbocycles. The maximum absolute atomic E-state index is 10.4. The van der Waals surface area contributed by atoms with Gasteiger partial charge in [0.1, 0.15) is 0 Å².